The fourth-order valence-corrected chi connectivity index (χ4v) is 5.83. The predicted molar refractivity (Wildman–Crippen MR) is 175 cm³/mol. The number of para-hydroxylation sites is 1. The summed E-state index contributed by atoms with van der Waals surface area (Å²) in [6.45, 7) is 7.56. The van der Waals surface area contributed by atoms with Crippen LogP contribution in [0, 0.1) is 19.7 Å². The number of carbonyl (C=O) groups excluding carboxylic acids is 1. The molecule has 0 bridgehead atoms. The summed E-state index contributed by atoms with van der Waals surface area (Å²) in [4.78, 5) is 13.1. The van der Waals surface area contributed by atoms with Crippen LogP contribution >= 0.6 is 0 Å². The molecule has 0 saturated heterocycles. The van der Waals surface area contributed by atoms with Gasteiger partial charge in [0.2, 0.25) is 0 Å². The predicted octanol–water partition coefficient (Wildman–Crippen LogP) is 7.71. The van der Waals surface area contributed by atoms with E-state index >= 15 is 0 Å². The van der Waals surface area contributed by atoms with Crippen LogP contribution in [0.5, 0.6) is 11.5 Å². The second-order valence-electron chi connectivity index (χ2n) is 12.8. The molecule has 54 heavy (non-hydrogen) atoms. The number of hydrogen-bond acceptors (Lipinski definition) is 4. The van der Waals surface area contributed by atoms with E-state index < -0.39 is 64.9 Å². The van der Waals surface area contributed by atoms with Gasteiger partial charge in [0.15, 0.2) is 6.10 Å². The Bertz CT molecular complexity index is 1910. The Kier molecular flexibility index (Phi) is 13.7. The summed E-state index contributed by atoms with van der Waals surface area (Å²) in [6.07, 6.45) is -18.6. The van der Waals surface area contributed by atoms with Crippen molar-refractivity contribution in [2.45, 2.75) is 77.8 Å². The molecular formula is C38H36ClF10NO4. The van der Waals surface area contributed by atoms with Gasteiger partial charge in [0.1, 0.15) is 29.9 Å². The highest BCUT2D eigenvalue weighted by molar-refractivity contribution is 5.75. The van der Waals surface area contributed by atoms with Gasteiger partial charge < -0.3 is 31.9 Å². The summed E-state index contributed by atoms with van der Waals surface area (Å²) < 4.78 is 156. The van der Waals surface area contributed by atoms with E-state index in [1.807, 2.05) is 0 Å². The number of alkyl halides is 9. The standard InChI is InChI=1S/C38H35F10NO4.ClH/c1-19(2)29-16-30(32(51-6)17-31(29)39)28-11-10-25(36(40,41)42)14-24(28)18-49-22(5)34(53-35(50)52-33-20(3)8-7-9-21(33)4)23-12-26(37(43,44)45)15-27(13-23)38(46,47)48;/h7-17,19,22,34,49H,18H2,1-6H3;1H/t22-,34-;/m0./s1. The Balaban J connectivity index is 0.00000784. The molecule has 16 heteroatoms. The zero-order chi connectivity index (χ0) is 39.6. The average molecular weight is 796 g/mol. The van der Waals surface area contributed by atoms with E-state index in [0.29, 0.717) is 23.3 Å². The van der Waals surface area contributed by atoms with Crippen molar-refractivity contribution in [1.29, 1.82) is 0 Å². The number of aryl methyl sites for hydroxylation is 2. The van der Waals surface area contributed by atoms with Gasteiger partial charge in [-0.25, -0.2) is 9.18 Å². The van der Waals surface area contributed by atoms with Crippen LogP contribution in [0.1, 0.15) is 77.3 Å². The molecule has 2 atom stereocenters. The molecule has 0 unspecified atom stereocenters. The quantitative estimate of drug-likeness (QED) is 0.102. The first-order valence-corrected chi connectivity index (χ1v) is 16.2. The van der Waals surface area contributed by atoms with Crippen LogP contribution < -0.4 is 27.2 Å². The maximum atomic E-state index is 14.9. The van der Waals surface area contributed by atoms with E-state index in [-0.39, 0.29) is 64.7 Å². The van der Waals surface area contributed by atoms with Gasteiger partial charge in [0.25, 0.3) is 0 Å². The number of rotatable bonds is 10. The molecule has 4 rings (SSSR count). The second kappa shape index (κ2) is 16.9. The number of benzene rings is 4. The SMILES string of the molecule is COc1cc(F)c(C(C)C)cc1-c1ccc(C(F)(F)F)cc1C[NH2+][C@@H](C)[C@H](OC(=O)Oc1c(C)cccc1C)c1cc(C(F)(F)F)cc(C(F)(F)F)c1.[Cl-]. The van der Waals surface area contributed by atoms with Crippen LogP contribution in [0.2, 0.25) is 0 Å². The summed E-state index contributed by atoms with van der Waals surface area (Å²) in [6, 6.07) is 9.69. The van der Waals surface area contributed by atoms with Crippen molar-refractivity contribution >= 4 is 6.16 Å². The van der Waals surface area contributed by atoms with Crippen LogP contribution in [-0.2, 0) is 29.8 Å². The number of halogens is 11. The maximum absolute atomic E-state index is 14.9. The van der Waals surface area contributed by atoms with E-state index in [1.54, 1.807) is 45.9 Å². The largest absolute Gasteiger partial charge is 1.00 e. The van der Waals surface area contributed by atoms with Crippen molar-refractivity contribution in [3.8, 4) is 22.6 Å². The van der Waals surface area contributed by atoms with Crippen molar-refractivity contribution in [2.24, 2.45) is 0 Å². The first-order chi connectivity index (χ1) is 24.5. The summed E-state index contributed by atoms with van der Waals surface area (Å²) in [7, 11) is 1.25. The minimum Gasteiger partial charge on any atom is -1.00 e. The molecule has 0 aliphatic carbocycles. The number of methoxy groups -OCH3 is 1. The summed E-state index contributed by atoms with van der Waals surface area (Å²) in [5, 5.41) is 1.29. The first-order valence-electron chi connectivity index (χ1n) is 16.2. The lowest BCUT2D eigenvalue weighted by atomic mass is 9.92. The Morgan fingerprint density at radius 1 is 0.741 bits per heavy atom. The van der Waals surface area contributed by atoms with Crippen molar-refractivity contribution < 1.29 is 80.6 Å². The molecule has 0 fully saturated rings. The number of hydrogen-bond donors (Lipinski definition) is 1. The number of nitrogens with two attached hydrogens (primary N) is 1. The van der Waals surface area contributed by atoms with Gasteiger partial charge in [-0.1, -0.05) is 38.1 Å². The zero-order valence-electron chi connectivity index (χ0n) is 29.7. The van der Waals surface area contributed by atoms with Gasteiger partial charge in [0, 0.05) is 17.2 Å². The fraction of sp³-hybridized carbons (Fsp3) is 0.342. The van der Waals surface area contributed by atoms with Crippen LogP contribution in [-0.4, -0.2) is 19.3 Å². The lowest BCUT2D eigenvalue weighted by molar-refractivity contribution is -0.708. The average Bonchev–Trinajstić information content (AvgIpc) is 3.06. The molecule has 5 nitrogen and oxygen atoms in total. The fourth-order valence-electron chi connectivity index (χ4n) is 5.83. The molecule has 0 aromatic heterocycles. The van der Waals surface area contributed by atoms with Gasteiger partial charge in [-0.15, -0.1) is 0 Å². The van der Waals surface area contributed by atoms with E-state index in [9.17, 15) is 48.7 Å². The Hall–Kier alpha value is -4.50. The number of ether oxygens (including phenoxy) is 3. The molecule has 4 aromatic carbocycles. The van der Waals surface area contributed by atoms with Crippen molar-refractivity contribution in [3.05, 3.63) is 117 Å². The Morgan fingerprint density at radius 3 is 1.80 bits per heavy atom. The molecule has 4 aromatic rings. The van der Waals surface area contributed by atoms with Gasteiger partial charge in [-0.3, -0.25) is 0 Å². The highest BCUT2D eigenvalue weighted by atomic mass is 35.5. The highest BCUT2D eigenvalue weighted by Gasteiger charge is 2.40. The molecule has 0 saturated carbocycles. The van der Waals surface area contributed by atoms with Gasteiger partial charge >= 0.3 is 24.7 Å². The van der Waals surface area contributed by atoms with E-state index in [0.717, 1.165) is 24.3 Å². The minimum absolute atomic E-state index is 0. The smallest absolute Gasteiger partial charge is 0.514 e. The summed E-state index contributed by atoms with van der Waals surface area (Å²) in [5.41, 5.74) is -3.47. The van der Waals surface area contributed by atoms with Gasteiger partial charge in [-0.2, -0.15) is 39.5 Å². The van der Waals surface area contributed by atoms with Gasteiger partial charge in [0.05, 0.1) is 23.8 Å². The van der Waals surface area contributed by atoms with Crippen LogP contribution in [0.3, 0.4) is 0 Å². The molecule has 0 aliphatic rings. The Morgan fingerprint density at radius 2 is 1.30 bits per heavy atom. The molecule has 0 spiro atoms. The minimum atomic E-state index is -5.23. The topological polar surface area (TPSA) is 61.4 Å². The van der Waals surface area contributed by atoms with E-state index in [4.69, 9.17) is 14.2 Å². The summed E-state index contributed by atoms with van der Waals surface area (Å²) >= 11 is 0. The van der Waals surface area contributed by atoms with Crippen molar-refractivity contribution in [2.75, 3.05) is 7.11 Å². The first kappa shape index (κ1) is 43.9. The number of quaternary nitrogens is 1. The van der Waals surface area contributed by atoms with Gasteiger partial charge in [-0.05, 0) is 90.9 Å². The second-order valence-corrected chi connectivity index (χ2v) is 12.8. The molecule has 2 N–H and O–H groups in total. The molecule has 0 aliphatic heterocycles. The third kappa shape index (κ3) is 10.4. The molecule has 0 heterocycles. The lowest BCUT2D eigenvalue weighted by Gasteiger charge is -2.25. The zero-order valence-corrected chi connectivity index (χ0v) is 30.4. The van der Waals surface area contributed by atoms with E-state index in [2.05, 4.69) is 0 Å². The number of carbonyl (C=O) groups is 1. The van der Waals surface area contributed by atoms with Crippen LogP contribution in [0.4, 0.5) is 48.7 Å². The molecule has 294 valence electrons. The highest BCUT2D eigenvalue weighted by Crippen LogP contribution is 2.41. The Labute approximate surface area is 311 Å². The normalized spacial score (nSPS) is 13.3. The van der Waals surface area contributed by atoms with Crippen molar-refractivity contribution in [3.63, 3.8) is 0 Å². The van der Waals surface area contributed by atoms with Crippen LogP contribution in [0.25, 0.3) is 11.1 Å². The maximum Gasteiger partial charge on any atom is 0.514 e. The third-order valence-corrected chi connectivity index (χ3v) is 8.61. The van der Waals surface area contributed by atoms with E-state index in [1.165, 1.54) is 25.4 Å². The molecule has 0 amide bonds. The third-order valence-electron chi connectivity index (χ3n) is 8.61. The lowest BCUT2D eigenvalue weighted by Crippen LogP contribution is -3.00. The monoisotopic (exact) mass is 795 g/mol. The van der Waals surface area contributed by atoms with Crippen molar-refractivity contribution in [1.82, 2.24) is 0 Å². The molecular weight excluding hydrogens is 760 g/mol. The van der Waals surface area contributed by atoms with Crippen LogP contribution in [0.15, 0.2) is 66.7 Å². The summed E-state index contributed by atoms with van der Waals surface area (Å²) in [5.74, 6) is -0.892. The molecule has 0 radical (unpaired) electrons.